The van der Waals surface area contributed by atoms with E-state index in [4.69, 9.17) is 11.6 Å². The maximum atomic E-state index is 6.01. The molecule has 0 radical (unpaired) electrons. The van der Waals surface area contributed by atoms with Gasteiger partial charge >= 0.3 is 0 Å². The zero-order valence-corrected chi connectivity index (χ0v) is 13.1. The largest absolute Gasteiger partial charge is 0.302 e. The minimum absolute atomic E-state index is 0.310. The van der Waals surface area contributed by atoms with Crippen molar-refractivity contribution in [3.8, 4) is 0 Å². The van der Waals surface area contributed by atoms with Crippen LogP contribution in [0.4, 0.5) is 0 Å². The maximum absolute atomic E-state index is 6.01. The molecule has 1 aromatic carbocycles. The molecule has 0 fully saturated rings. The molecule has 3 heteroatoms. The van der Waals surface area contributed by atoms with Gasteiger partial charge in [0.25, 0.3) is 0 Å². The van der Waals surface area contributed by atoms with Gasteiger partial charge in [-0.15, -0.1) is 11.3 Å². The molecule has 1 aromatic heterocycles. The van der Waals surface area contributed by atoms with Crippen LogP contribution in [0.1, 0.15) is 43.3 Å². The van der Waals surface area contributed by atoms with Crippen LogP contribution in [0.2, 0.25) is 4.34 Å². The van der Waals surface area contributed by atoms with Crippen LogP contribution < -0.4 is 5.32 Å². The second-order valence-corrected chi connectivity index (χ2v) is 6.91. The molecule has 0 aliphatic carbocycles. The lowest BCUT2D eigenvalue weighted by Crippen LogP contribution is -2.28. The summed E-state index contributed by atoms with van der Waals surface area (Å²) < 4.78 is 0.851. The van der Waals surface area contributed by atoms with Crippen molar-refractivity contribution in [2.45, 2.75) is 32.9 Å². The third-order valence-corrected chi connectivity index (χ3v) is 4.69. The smallest absolute Gasteiger partial charge is 0.0931 e. The molecule has 1 nitrogen and oxygen atoms in total. The first-order valence-electron chi connectivity index (χ1n) is 6.64. The van der Waals surface area contributed by atoms with Gasteiger partial charge in [-0.05, 0) is 30.5 Å². The number of hydrogen-bond acceptors (Lipinski definition) is 2. The van der Waals surface area contributed by atoms with E-state index in [2.05, 4.69) is 62.5 Å². The standard InChI is InChI=1S/C16H20ClNS/c1-11(2)16(13-7-5-4-6-8-13)18-12(3)14-9-10-15(17)19-14/h4-12,16,18H,1-3H3. The van der Waals surface area contributed by atoms with E-state index in [-0.39, 0.29) is 0 Å². The number of benzene rings is 1. The van der Waals surface area contributed by atoms with Gasteiger partial charge in [-0.2, -0.15) is 0 Å². The van der Waals surface area contributed by atoms with Crippen molar-refractivity contribution < 1.29 is 0 Å². The van der Waals surface area contributed by atoms with Gasteiger partial charge in [-0.25, -0.2) is 0 Å². The zero-order valence-electron chi connectivity index (χ0n) is 11.6. The Balaban J connectivity index is 2.13. The SMILES string of the molecule is CC(NC(c1ccccc1)C(C)C)c1ccc(Cl)s1. The third-order valence-electron chi connectivity index (χ3n) is 3.28. The molecular formula is C16H20ClNS. The van der Waals surface area contributed by atoms with Crippen LogP contribution in [0, 0.1) is 5.92 Å². The molecule has 2 unspecified atom stereocenters. The summed E-state index contributed by atoms with van der Waals surface area (Å²) in [6.45, 7) is 6.69. The van der Waals surface area contributed by atoms with Crippen molar-refractivity contribution in [3.63, 3.8) is 0 Å². The Labute approximate surface area is 124 Å². The van der Waals surface area contributed by atoms with Gasteiger partial charge in [0, 0.05) is 17.0 Å². The molecule has 1 N–H and O–H groups in total. The van der Waals surface area contributed by atoms with Crippen LogP contribution in [0.25, 0.3) is 0 Å². The molecule has 2 rings (SSSR count). The van der Waals surface area contributed by atoms with Gasteiger partial charge in [-0.3, -0.25) is 0 Å². The Morgan fingerprint density at radius 2 is 1.68 bits per heavy atom. The van der Waals surface area contributed by atoms with Crippen LogP contribution in [-0.2, 0) is 0 Å². The number of nitrogens with one attached hydrogen (secondary N) is 1. The predicted molar refractivity (Wildman–Crippen MR) is 84.9 cm³/mol. The summed E-state index contributed by atoms with van der Waals surface area (Å²) in [5, 5.41) is 3.71. The fourth-order valence-corrected chi connectivity index (χ4v) is 3.32. The van der Waals surface area contributed by atoms with Gasteiger partial charge in [0.2, 0.25) is 0 Å². The van der Waals surface area contributed by atoms with Crippen LogP contribution >= 0.6 is 22.9 Å². The van der Waals surface area contributed by atoms with Crippen LogP contribution in [0.5, 0.6) is 0 Å². The third kappa shape index (κ3) is 3.82. The molecule has 1 heterocycles. The Hall–Kier alpha value is -0.830. The topological polar surface area (TPSA) is 12.0 Å². The normalized spacial score (nSPS) is 14.6. The van der Waals surface area contributed by atoms with Gasteiger partial charge in [0.1, 0.15) is 0 Å². The molecule has 0 aliphatic rings. The highest BCUT2D eigenvalue weighted by molar-refractivity contribution is 7.16. The van der Waals surface area contributed by atoms with E-state index in [0.717, 1.165) is 4.34 Å². The molecule has 0 saturated heterocycles. The van der Waals surface area contributed by atoms with Crippen molar-refractivity contribution >= 4 is 22.9 Å². The fourth-order valence-electron chi connectivity index (χ4n) is 2.25. The lowest BCUT2D eigenvalue weighted by Gasteiger charge is -2.26. The number of rotatable bonds is 5. The van der Waals surface area contributed by atoms with Crippen molar-refractivity contribution in [3.05, 3.63) is 57.2 Å². The molecule has 0 saturated carbocycles. The minimum Gasteiger partial charge on any atom is -0.302 e. The fraction of sp³-hybridized carbons (Fsp3) is 0.375. The van der Waals surface area contributed by atoms with Crippen molar-refractivity contribution in [2.24, 2.45) is 5.92 Å². The van der Waals surface area contributed by atoms with E-state index in [9.17, 15) is 0 Å². The Morgan fingerprint density at radius 3 is 2.21 bits per heavy atom. The number of halogens is 1. The quantitative estimate of drug-likeness (QED) is 0.773. The Kier molecular flexibility index (Phi) is 5.03. The zero-order chi connectivity index (χ0) is 13.8. The lowest BCUT2D eigenvalue weighted by molar-refractivity contribution is 0.377. The molecule has 0 bridgehead atoms. The van der Waals surface area contributed by atoms with Gasteiger partial charge in [0.15, 0.2) is 0 Å². The van der Waals surface area contributed by atoms with E-state index >= 15 is 0 Å². The van der Waals surface area contributed by atoms with E-state index in [1.54, 1.807) is 11.3 Å². The second kappa shape index (κ2) is 6.56. The molecule has 19 heavy (non-hydrogen) atoms. The van der Waals surface area contributed by atoms with Gasteiger partial charge in [-0.1, -0.05) is 55.8 Å². The maximum Gasteiger partial charge on any atom is 0.0931 e. The van der Waals surface area contributed by atoms with E-state index in [0.29, 0.717) is 18.0 Å². The molecule has 2 atom stereocenters. The average molecular weight is 294 g/mol. The van der Waals surface area contributed by atoms with Crippen molar-refractivity contribution in [1.29, 1.82) is 0 Å². The Morgan fingerprint density at radius 1 is 1.00 bits per heavy atom. The van der Waals surface area contributed by atoms with Gasteiger partial charge in [0.05, 0.1) is 4.34 Å². The first kappa shape index (κ1) is 14.6. The molecule has 0 amide bonds. The molecule has 2 aromatic rings. The van der Waals surface area contributed by atoms with E-state index < -0.39 is 0 Å². The first-order chi connectivity index (χ1) is 9.08. The summed E-state index contributed by atoms with van der Waals surface area (Å²) in [6, 6.07) is 15.4. The lowest BCUT2D eigenvalue weighted by atomic mass is 9.95. The van der Waals surface area contributed by atoms with Crippen molar-refractivity contribution in [2.75, 3.05) is 0 Å². The monoisotopic (exact) mass is 293 g/mol. The van der Waals surface area contributed by atoms with Crippen molar-refractivity contribution in [1.82, 2.24) is 5.32 Å². The van der Waals surface area contributed by atoms with Crippen LogP contribution in [0.15, 0.2) is 42.5 Å². The molecule has 102 valence electrons. The van der Waals surface area contributed by atoms with Crippen LogP contribution in [0.3, 0.4) is 0 Å². The van der Waals surface area contributed by atoms with Crippen LogP contribution in [-0.4, -0.2) is 0 Å². The van der Waals surface area contributed by atoms with Gasteiger partial charge < -0.3 is 5.32 Å². The summed E-state index contributed by atoms with van der Waals surface area (Å²) in [5.41, 5.74) is 1.34. The molecule has 0 aliphatic heterocycles. The first-order valence-corrected chi connectivity index (χ1v) is 7.83. The number of thiophene rings is 1. The average Bonchev–Trinajstić information content (AvgIpc) is 2.83. The summed E-state index contributed by atoms with van der Waals surface area (Å²) in [5.74, 6) is 0.542. The molecular weight excluding hydrogens is 274 g/mol. The van der Waals surface area contributed by atoms with E-state index in [1.807, 2.05) is 6.07 Å². The highest BCUT2D eigenvalue weighted by Crippen LogP contribution is 2.30. The summed E-state index contributed by atoms with van der Waals surface area (Å²) in [6.07, 6.45) is 0. The highest BCUT2D eigenvalue weighted by Gasteiger charge is 2.19. The number of hydrogen-bond donors (Lipinski definition) is 1. The second-order valence-electron chi connectivity index (χ2n) is 5.16. The summed E-state index contributed by atoms with van der Waals surface area (Å²) in [7, 11) is 0. The predicted octanol–water partition coefficient (Wildman–Crippen LogP) is 5.45. The molecule has 0 spiro atoms. The highest BCUT2D eigenvalue weighted by atomic mass is 35.5. The van der Waals surface area contributed by atoms with E-state index in [1.165, 1.54) is 10.4 Å². The summed E-state index contributed by atoms with van der Waals surface area (Å²) >= 11 is 7.66. The summed E-state index contributed by atoms with van der Waals surface area (Å²) in [4.78, 5) is 1.28. The minimum atomic E-state index is 0.310. The Bertz CT molecular complexity index is 506.